The highest BCUT2D eigenvalue weighted by molar-refractivity contribution is 7.90. The number of hydrogen-bond acceptors (Lipinski definition) is 4. The molecule has 5 heteroatoms. The van der Waals surface area contributed by atoms with Gasteiger partial charge in [-0.15, -0.1) is 0 Å². The van der Waals surface area contributed by atoms with Gasteiger partial charge in [-0.3, -0.25) is 0 Å². The molecule has 0 unspecified atom stereocenters. The summed E-state index contributed by atoms with van der Waals surface area (Å²) in [5.74, 6) is 1.07. The molecule has 21 heavy (non-hydrogen) atoms. The van der Waals surface area contributed by atoms with E-state index in [2.05, 4.69) is 17.4 Å². The van der Waals surface area contributed by atoms with Crippen LogP contribution >= 0.6 is 0 Å². The van der Waals surface area contributed by atoms with Crippen LogP contribution in [0.1, 0.15) is 12.0 Å². The molecule has 4 nitrogen and oxygen atoms in total. The molecule has 114 valence electrons. The van der Waals surface area contributed by atoms with Crippen LogP contribution in [0.5, 0.6) is 5.75 Å². The summed E-state index contributed by atoms with van der Waals surface area (Å²) < 4.78 is 27.6. The van der Waals surface area contributed by atoms with Gasteiger partial charge in [0.25, 0.3) is 0 Å². The van der Waals surface area contributed by atoms with Crippen LogP contribution in [0.25, 0.3) is 10.8 Å². The summed E-state index contributed by atoms with van der Waals surface area (Å²) in [6, 6.07) is 12.2. The summed E-state index contributed by atoms with van der Waals surface area (Å²) in [5.41, 5.74) is 1.11. The second-order valence-electron chi connectivity index (χ2n) is 5.13. The van der Waals surface area contributed by atoms with Crippen LogP contribution in [-0.4, -0.2) is 34.1 Å². The lowest BCUT2D eigenvalue weighted by Gasteiger charge is -2.13. The Balaban J connectivity index is 2.06. The summed E-state index contributed by atoms with van der Waals surface area (Å²) in [6.07, 6.45) is 1.88. The minimum atomic E-state index is -2.88. The van der Waals surface area contributed by atoms with Crippen molar-refractivity contribution in [2.45, 2.75) is 13.0 Å². The SMILES string of the molecule is COc1ccc2ccccc2c1CNCCCS(C)(=O)=O. The van der Waals surface area contributed by atoms with E-state index in [0.29, 0.717) is 19.5 Å². The Labute approximate surface area is 126 Å². The molecular formula is C16H21NO3S. The summed E-state index contributed by atoms with van der Waals surface area (Å²) in [7, 11) is -1.22. The number of ether oxygens (including phenoxy) is 1. The molecule has 1 N–H and O–H groups in total. The van der Waals surface area contributed by atoms with E-state index in [1.165, 1.54) is 11.6 Å². The standard InChI is InChI=1S/C16H21NO3S/c1-20-16-9-8-13-6-3-4-7-14(13)15(16)12-17-10-5-11-21(2,18)19/h3-4,6-9,17H,5,10-12H2,1-2H3. The molecule has 0 saturated carbocycles. The monoisotopic (exact) mass is 307 g/mol. The fourth-order valence-corrected chi connectivity index (χ4v) is 3.03. The van der Waals surface area contributed by atoms with Crippen LogP contribution in [0.15, 0.2) is 36.4 Å². The van der Waals surface area contributed by atoms with Crippen LogP contribution in [0.3, 0.4) is 0 Å². The van der Waals surface area contributed by atoms with Crippen molar-refractivity contribution in [2.75, 3.05) is 25.7 Å². The molecule has 0 aliphatic carbocycles. The summed E-state index contributed by atoms with van der Waals surface area (Å²) in [6.45, 7) is 1.33. The fourth-order valence-electron chi connectivity index (χ4n) is 2.36. The van der Waals surface area contributed by atoms with Crippen molar-refractivity contribution < 1.29 is 13.2 Å². The van der Waals surface area contributed by atoms with Crippen molar-refractivity contribution in [3.05, 3.63) is 42.0 Å². The Hall–Kier alpha value is -1.59. The third-order valence-corrected chi connectivity index (χ3v) is 4.42. The number of hydrogen-bond donors (Lipinski definition) is 1. The van der Waals surface area contributed by atoms with Crippen molar-refractivity contribution in [3.63, 3.8) is 0 Å². The molecule has 2 rings (SSSR count). The fraction of sp³-hybridized carbons (Fsp3) is 0.375. The minimum Gasteiger partial charge on any atom is -0.496 e. The smallest absolute Gasteiger partial charge is 0.147 e. The lowest BCUT2D eigenvalue weighted by atomic mass is 10.0. The Morgan fingerprint density at radius 2 is 1.90 bits per heavy atom. The minimum absolute atomic E-state index is 0.215. The highest BCUT2D eigenvalue weighted by atomic mass is 32.2. The van der Waals surface area contributed by atoms with Crippen molar-refractivity contribution in [1.29, 1.82) is 0 Å². The van der Waals surface area contributed by atoms with Crippen molar-refractivity contribution in [1.82, 2.24) is 5.32 Å². The van der Waals surface area contributed by atoms with Gasteiger partial charge in [0.05, 0.1) is 12.9 Å². The normalized spacial score (nSPS) is 11.7. The molecule has 0 aliphatic heterocycles. The predicted octanol–water partition coefficient (Wildman–Crippen LogP) is 2.37. The maximum absolute atomic E-state index is 11.1. The number of nitrogens with one attached hydrogen (secondary N) is 1. The predicted molar refractivity (Wildman–Crippen MR) is 86.5 cm³/mol. The molecule has 0 atom stereocenters. The first-order chi connectivity index (χ1) is 10.0. The summed E-state index contributed by atoms with van der Waals surface area (Å²) in [5, 5.41) is 5.63. The first-order valence-corrected chi connectivity index (χ1v) is 9.00. The van der Waals surface area contributed by atoms with Gasteiger partial charge in [-0.25, -0.2) is 8.42 Å². The van der Waals surface area contributed by atoms with E-state index in [9.17, 15) is 8.42 Å². The van der Waals surface area contributed by atoms with Gasteiger partial charge in [0.2, 0.25) is 0 Å². The quantitative estimate of drug-likeness (QED) is 0.798. The number of rotatable bonds is 7. The summed E-state index contributed by atoms with van der Waals surface area (Å²) in [4.78, 5) is 0. The molecule has 2 aromatic carbocycles. The third kappa shape index (κ3) is 4.44. The molecule has 2 aromatic rings. The Morgan fingerprint density at radius 1 is 1.14 bits per heavy atom. The maximum Gasteiger partial charge on any atom is 0.147 e. The Bertz CT molecular complexity index is 711. The van der Waals surface area contributed by atoms with Crippen LogP contribution in [0, 0.1) is 0 Å². The molecular weight excluding hydrogens is 286 g/mol. The van der Waals surface area contributed by atoms with Crippen LogP contribution in [0.2, 0.25) is 0 Å². The number of sulfone groups is 1. The molecule has 0 spiro atoms. The lowest BCUT2D eigenvalue weighted by molar-refractivity contribution is 0.408. The Kier molecular flexibility index (Phi) is 5.20. The number of methoxy groups -OCH3 is 1. The van der Waals surface area contributed by atoms with E-state index >= 15 is 0 Å². The van der Waals surface area contributed by atoms with Crippen LogP contribution in [0.4, 0.5) is 0 Å². The zero-order valence-electron chi connectivity index (χ0n) is 12.4. The first kappa shape index (κ1) is 15.8. The van der Waals surface area contributed by atoms with Gasteiger partial charge in [-0.1, -0.05) is 30.3 Å². The molecule has 0 aliphatic rings. The highest BCUT2D eigenvalue weighted by Crippen LogP contribution is 2.27. The highest BCUT2D eigenvalue weighted by Gasteiger charge is 2.08. The average molecular weight is 307 g/mol. The van der Waals surface area contributed by atoms with Gasteiger partial charge < -0.3 is 10.1 Å². The van der Waals surface area contributed by atoms with Gasteiger partial charge in [-0.05, 0) is 29.8 Å². The Morgan fingerprint density at radius 3 is 2.62 bits per heavy atom. The second kappa shape index (κ2) is 6.91. The lowest BCUT2D eigenvalue weighted by Crippen LogP contribution is -2.18. The zero-order valence-corrected chi connectivity index (χ0v) is 13.2. The topological polar surface area (TPSA) is 55.4 Å². The van der Waals surface area contributed by atoms with E-state index in [-0.39, 0.29) is 5.75 Å². The van der Waals surface area contributed by atoms with Crippen molar-refractivity contribution in [2.24, 2.45) is 0 Å². The van der Waals surface area contributed by atoms with Crippen molar-refractivity contribution in [3.8, 4) is 5.75 Å². The maximum atomic E-state index is 11.1. The zero-order chi connectivity index (χ0) is 15.3. The van der Waals surface area contributed by atoms with Gasteiger partial charge in [0.1, 0.15) is 15.6 Å². The molecule has 0 bridgehead atoms. The van der Waals surface area contributed by atoms with E-state index in [1.54, 1.807) is 7.11 Å². The molecule has 0 heterocycles. The van der Waals surface area contributed by atoms with E-state index in [4.69, 9.17) is 4.74 Å². The van der Waals surface area contributed by atoms with E-state index < -0.39 is 9.84 Å². The third-order valence-electron chi connectivity index (χ3n) is 3.39. The molecule has 0 radical (unpaired) electrons. The summed E-state index contributed by atoms with van der Waals surface area (Å²) >= 11 is 0. The van der Waals surface area contributed by atoms with Crippen molar-refractivity contribution >= 4 is 20.6 Å². The van der Waals surface area contributed by atoms with Crippen LogP contribution < -0.4 is 10.1 Å². The van der Waals surface area contributed by atoms with Gasteiger partial charge in [-0.2, -0.15) is 0 Å². The second-order valence-corrected chi connectivity index (χ2v) is 7.39. The first-order valence-electron chi connectivity index (χ1n) is 6.94. The van der Waals surface area contributed by atoms with Gasteiger partial charge >= 0.3 is 0 Å². The molecule has 0 saturated heterocycles. The van der Waals surface area contributed by atoms with E-state index in [1.807, 2.05) is 24.3 Å². The molecule has 0 amide bonds. The van der Waals surface area contributed by atoms with Gasteiger partial charge in [0, 0.05) is 18.4 Å². The van der Waals surface area contributed by atoms with Crippen LogP contribution in [-0.2, 0) is 16.4 Å². The van der Waals surface area contributed by atoms with Gasteiger partial charge in [0.15, 0.2) is 0 Å². The van der Waals surface area contributed by atoms with E-state index in [0.717, 1.165) is 16.7 Å². The number of fused-ring (bicyclic) bond motifs is 1. The molecule has 0 aromatic heterocycles. The molecule has 0 fully saturated rings. The largest absolute Gasteiger partial charge is 0.496 e. The average Bonchev–Trinajstić information content (AvgIpc) is 2.45. The number of benzene rings is 2.